The third kappa shape index (κ3) is 4.04. The second-order valence-corrected chi connectivity index (χ2v) is 10.7. The number of carbonyl (C=O) groups excluding carboxylic acids is 1. The Kier molecular flexibility index (Phi) is 5.42. The van der Waals surface area contributed by atoms with Crippen LogP contribution in [0, 0.1) is 5.41 Å². The molecule has 1 spiro atoms. The van der Waals surface area contributed by atoms with Gasteiger partial charge < -0.3 is 0 Å². The van der Waals surface area contributed by atoms with Crippen LogP contribution in [-0.2, 0) is 21.8 Å². The fraction of sp³-hybridized carbons (Fsp3) is 0.800. The Bertz CT molecular complexity index is 796. The van der Waals surface area contributed by atoms with E-state index in [1.54, 1.807) is 0 Å². The third-order valence-corrected chi connectivity index (χ3v) is 8.38. The van der Waals surface area contributed by atoms with E-state index in [1.807, 2.05) is 13.8 Å². The Morgan fingerprint density at radius 3 is 2.48 bits per heavy atom. The molecule has 0 bridgehead atoms. The SMILES string of the molecule is CC(C)n1nc(C(F)(F)F)cc1C1CCC(N2CCC3(CC(=O)S(=O)C3)C2)CC1. The van der Waals surface area contributed by atoms with Gasteiger partial charge in [-0.05, 0) is 58.6 Å². The largest absolute Gasteiger partial charge is 0.435 e. The monoisotopic (exact) mass is 431 g/mol. The highest BCUT2D eigenvalue weighted by molar-refractivity contribution is 8.00. The molecule has 1 aromatic rings. The molecule has 162 valence electrons. The van der Waals surface area contributed by atoms with Crippen molar-refractivity contribution in [2.75, 3.05) is 18.8 Å². The van der Waals surface area contributed by atoms with Gasteiger partial charge in [0.25, 0.3) is 0 Å². The number of rotatable bonds is 3. The van der Waals surface area contributed by atoms with E-state index >= 15 is 0 Å². The maximum Gasteiger partial charge on any atom is 0.435 e. The highest BCUT2D eigenvalue weighted by Crippen LogP contribution is 2.44. The molecule has 1 aromatic heterocycles. The maximum absolute atomic E-state index is 13.2. The normalized spacial score (nSPS) is 34.0. The molecule has 0 amide bonds. The number of hydrogen-bond acceptors (Lipinski definition) is 4. The number of aromatic nitrogens is 2. The lowest BCUT2D eigenvalue weighted by Gasteiger charge is -2.35. The first kappa shape index (κ1) is 21.0. The van der Waals surface area contributed by atoms with E-state index < -0.39 is 22.7 Å². The second-order valence-electron chi connectivity index (χ2n) is 9.26. The molecular weight excluding hydrogens is 403 g/mol. The quantitative estimate of drug-likeness (QED) is 0.729. The van der Waals surface area contributed by atoms with Gasteiger partial charge in [-0.25, -0.2) is 0 Å². The molecular formula is C20H28F3N3O2S. The highest BCUT2D eigenvalue weighted by Gasteiger charge is 2.49. The van der Waals surface area contributed by atoms with Crippen molar-refractivity contribution in [3.05, 3.63) is 17.5 Å². The Hall–Kier alpha value is -1.22. The van der Waals surface area contributed by atoms with Crippen molar-refractivity contribution in [1.82, 2.24) is 14.7 Å². The second kappa shape index (κ2) is 7.48. The molecule has 9 heteroatoms. The number of halogens is 3. The first-order valence-electron chi connectivity index (χ1n) is 10.4. The van der Waals surface area contributed by atoms with Crippen LogP contribution in [0.1, 0.15) is 75.7 Å². The summed E-state index contributed by atoms with van der Waals surface area (Å²) >= 11 is 0. The lowest BCUT2D eigenvalue weighted by molar-refractivity contribution is -0.141. The summed E-state index contributed by atoms with van der Waals surface area (Å²) in [5.41, 5.74) is -0.222. The van der Waals surface area contributed by atoms with Crippen molar-refractivity contribution in [2.45, 2.75) is 76.6 Å². The zero-order valence-corrected chi connectivity index (χ0v) is 17.7. The summed E-state index contributed by atoms with van der Waals surface area (Å²) in [6.07, 6.45) is 0.474. The molecule has 4 rings (SSSR count). The van der Waals surface area contributed by atoms with Gasteiger partial charge in [-0.1, -0.05) is 0 Å². The Balaban J connectivity index is 1.41. The van der Waals surface area contributed by atoms with Crippen molar-refractivity contribution in [3.63, 3.8) is 0 Å². The predicted octanol–water partition coefficient (Wildman–Crippen LogP) is 3.88. The molecule has 2 atom stereocenters. The molecule has 0 N–H and O–H groups in total. The molecule has 2 unspecified atom stereocenters. The van der Waals surface area contributed by atoms with Gasteiger partial charge in [-0.15, -0.1) is 0 Å². The molecule has 29 heavy (non-hydrogen) atoms. The van der Waals surface area contributed by atoms with Gasteiger partial charge in [0.2, 0.25) is 5.12 Å². The average Bonchev–Trinajstić information content (AvgIpc) is 3.33. The molecule has 0 aromatic carbocycles. The topological polar surface area (TPSA) is 55.2 Å². The van der Waals surface area contributed by atoms with Gasteiger partial charge in [0, 0.05) is 47.8 Å². The number of carbonyl (C=O) groups is 1. The third-order valence-electron chi connectivity index (χ3n) is 6.85. The molecule has 3 fully saturated rings. The van der Waals surface area contributed by atoms with E-state index in [2.05, 4.69) is 10.00 Å². The zero-order chi connectivity index (χ0) is 21.0. The number of likely N-dealkylation sites (tertiary alicyclic amines) is 1. The fourth-order valence-electron chi connectivity index (χ4n) is 5.34. The minimum absolute atomic E-state index is 0.0920. The lowest BCUT2D eigenvalue weighted by atomic mass is 9.82. The average molecular weight is 432 g/mol. The van der Waals surface area contributed by atoms with Crippen molar-refractivity contribution in [3.8, 4) is 0 Å². The van der Waals surface area contributed by atoms with Crippen LogP contribution < -0.4 is 0 Å². The summed E-state index contributed by atoms with van der Waals surface area (Å²) in [6.45, 7) is 5.46. The van der Waals surface area contributed by atoms with Gasteiger partial charge in [0.15, 0.2) is 5.69 Å². The summed E-state index contributed by atoms with van der Waals surface area (Å²) in [4.78, 5) is 14.2. The van der Waals surface area contributed by atoms with Crippen molar-refractivity contribution in [1.29, 1.82) is 0 Å². The first-order chi connectivity index (χ1) is 13.6. The van der Waals surface area contributed by atoms with Gasteiger partial charge in [-0.2, -0.15) is 18.3 Å². The van der Waals surface area contributed by atoms with Crippen LogP contribution in [-0.4, -0.2) is 48.9 Å². The van der Waals surface area contributed by atoms with Crippen LogP contribution in [0.15, 0.2) is 6.07 Å². The summed E-state index contributed by atoms with van der Waals surface area (Å²) in [6, 6.07) is 1.51. The minimum Gasteiger partial charge on any atom is -0.300 e. The number of alkyl halides is 3. The van der Waals surface area contributed by atoms with Crippen LogP contribution in [0.25, 0.3) is 0 Å². The number of hydrogen-bond donors (Lipinski definition) is 0. The molecule has 3 aliphatic rings. The van der Waals surface area contributed by atoms with Crippen LogP contribution in [0.4, 0.5) is 13.2 Å². The molecule has 0 radical (unpaired) electrons. The molecule has 2 aliphatic heterocycles. The van der Waals surface area contributed by atoms with Crippen LogP contribution in [0.5, 0.6) is 0 Å². The smallest absolute Gasteiger partial charge is 0.300 e. The molecule has 1 saturated carbocycles. The lowest BCUT2D eigenvalue weighted by Crippen LogP contribution is -2.38. The van der Waals surface area contributed by atoms with E-state index in [4.69, 9.17) is 0 Å². The predicted molar refractivity (Wildman–Crippen MR) is 104 cm³/mol. The Morgan fingerprint density at radius 2 is 1.93 bits per heavy atom. The van der Waals surface area contributed by atoms with E-state index in [0.717, 1.165) is 45.2 Å². The van der Waals surface area contributed by atoms with Crippen molar-refractivity contribution < 1.29 is 22.2 Å². The summed E-state index contributed by atoms with van der Waals surface area (Å²) in [7, 11) is -1.33. The van der Waals surface area contributed by atoms with Crippen molar-refractivity contribution in [2.24, 2.45) is 5.41 Å². The zero-order valence-electron chi connectivity index (χ0n) is 16.9. The molecule has 3 heterocycles. The van der Waals surface area contributed by atoms with Gasteiger partial charge in [0.05, 0.1) is 10.8 Å². The van der Waals surface area contributed by atoms with Gasteiger partial charge >= 0.3 is 6.18 Å². The highest BCUT2D eigenvalue weighted by atomic mass is 32.2. The fourth-order valence-corrected chi connectivity index (χ4v) is 6.86. The summed E-state index contributed by atoms with van der Waals surface area (Å²) in [5.74, 6) is 0.584. The van der Waals surface area contributed by atoms with Gasteiger partial charge in [-0.3, -0.25) is 18.6 Å². The first-order valence-corrected chi connectivity index (χ1v) is 11.7. The van der Waals surface area contributed by atoms with E-state index in [1.165, 1.54) is 10.7 Å². The maximum atomic E-state index is 13.2. The Morgan fingerprint density at radius 1 is 1.24 bits per heavy atom. The van der Waals surface area contributed by atoms with Crippen LogP contribution >= 0.6 is 0 Å². The van der Waals surface area contributed by atoms with Crippen molar-refractivity contribution >= 4 is 15.9 Å². The standard InChI is InChI=1S/C20H28F3N3O2S/c1-13(2)26-16(9-17(24-26)20(21,22)23)14-3-5-15(6-4-14)25-8-7-19(11-25)10-18(27)29(28)12-19/h9,13-15H,3-8,10-12H2,1-2H3. The van der Waals surface area contributed by atoms with Gasteiger partial charge in [0.1, 0.15) is 0 Å². The number of nitrogens with zero attached hydrogens (tertiary/aromatic N) is 3. The van der Waals surface area contributed by atoms with E-state index in [-0.39, 0.29) is 22.5 Å². The van der Waals surface area contributed by atoms with E-state index in [0.29, 0.717) is 23.9 Å². The minimum atomic E-state index is -4.42. The Labute approximate surface area is 171 Å². The van der Waals surface area contributed by atoms with Crippen LogP contribution in [0.2, 0.25) is 0 Å². The summed E-state index contributed by atoms with van der Waals surface area (Å²) in [5, 5.41) is 3.72. The molecule has 2 saturated heterocycles. The molecule has 1 aliphatic carbocycles. The summed E-state index contributed by atoms with van der Waals surface area (Å²) < 4.78 is 52.8. The van der Waals surface area contributed by atoms with Crippen LogP contribution in [0.3, 0.4) is 0 Å². The van der Waals surface area contributed by atoms with E-state index in [9.17, 15) is 22.2 Å². The molecule has 5 nitrogen and oxygen atoms in total.